The molecule has 0 bridgehead atoms. The molecule has 3 aromatic carbocycles. The van der Waals surface area contributed by atoms with Crippen LogP contribution in [0.25, 0.3) is 0 Å². The molecule has 0 aliphatic heterocycles. The first-order valence-corrected chi connectivity index (χ1v) is 15.2. The molecule has 41 heavy (non-hydrogen) atoms. The van der Waals surface area contributed by atoms with Gasteiger partial charge in [0.05, 0.1) is 17.7 Å². The number of anilines is 1. The monoisotopic (exact) mass is 581 g/mol. The number of hydrogen-bond donors (Lipinski definition) is 1. The van der Waals surface area contributed by atoms with Gasteiger partial charge in [-0.15, -0.1) is 0 Å². The average molecular weight is 582 g/mol. The van der Waals surface area contributed by atoms with Gasteiger partial charge in [0, 0.05) is 12.6 Å². The molecule has 1 atom stereocenters. The van der Waals surface area contributed by atoms with Crippen molar-refractivity contribution in [2.75, 3.05) is 18.0 Å². The zero-order valence-corrected chi connectivity index (χ0v) is 24.1. The van der Waals surface area contributed by atoms with Crippen LogP contribution in [0, 0.1) is 5.82 Å². The molecule has 0 aromatic heterocycles. The third-order valence-corrected chi connectivity index (χ3v) is 9.11. The number of rotatable bonds is 12. The van der Waals surface area contributed by atoms with E-state index in [0.29, 0.717) is 17.7 Å². The van der Waals surface area contributed by atoms with Gasteiger partial charge in [-0.05, 0) is 73.4 Å². The number of amides is 2. The first-order chi connectivity index (χ1) is 19.7. The van der Waals surface area contributed by atoms with Crippen LogP contribution in [0.1, 0.15) is 44.6 Å². The van der Waals surface area contributed by atoms with E-state index in [1.165, 1.54) is 36.3 Å². The van der Waals surface area contributed by atoms with Crippen LogP contribution >= 0.6 is 0 Å². The van der Waals surface area contributed by atoms with Crippen molar-refractivity contribution in [3.8, 4) is 5.75 Å². The van der Waals surface area contributed by atoms with Crippen molar-refractivity contribution in [2.45, 2.75) is 62.6 Å². The Kier molecular flexibility index (Phi) is 9.99. The van der Waals surface area contributed by atoms with Crippen LogP contribution in [0.5, 0.6) is 5.75 Å². The van der Waals surface area contributed by atoms with Gasteiger partial charge in [0.15, 0.2) is 0 Å². The number of methoxy groups -OCH3 is 1. The van der Waals surface area contributed by atoms with E-state index in [-0.39, 0.29) is 29.1 Å². The molecule has 1 fully saturated rings. The number of nitrogens with zero attached hydrogens (tertiary/aromatic N) is 2. The molecule has 3 aromatic rings. The van der Waals surface area contributed by atoms with Crippen LogP contribution in [0.3, 0.4) is 0 Å². The Balaban J connectivity index is 1.70. The fourth-order valence-corrected chi connectivity index (χ4v) is 6.51. The highest BCUT2D eigenvalue weighted by Gasteiger charge is 2.34. The zero-order chi connectivity index (χ0) is 29.4. The number of carbonyl (C=O) groups excluding carboxylic acids is 2. The van der Waals surface area contributed by atoms with E-state index in [9.17, 15) is 22.4 Å². The lowest BCUT2D eigenvalue weighted by Crippen LogP contribution is -2.53. The Hall–Kier alpha value is -3.92. The van der Waals surface area contributed by atoms with Crippen LogP contribution in [-0.2, 0) is 26.2 Å². The van der Waals surface area contributed by atoms with Gasteiger partial charge in [-0.3, -0.25) is 13.9 Å². The Bertz CT molecular complexity index is 1410. The van der Waals surface area contributed by atoms with Crippen molar-refractivity contribution in [3.05, 3.63) is 90.2 Å². The maximum Gasteiger partial charge on any atom is 0.264 e. The number of halogens is 1. The van der Waals surface area contributed by atoms with Gasteiger partial charge in [-0.2, -0.15) is 0 Å². The van der Waals surface area contributed by atoms with Gasteiger partial charge >= 0.3 is 0 Å². The highest BCUT2D eigenvalue weighted by atomic mass is 32.2. The van der Waals surface area contributed by atoms with E-state index >= 15 is 0 Å². The third-order valence-electron chi connectivity index (χ3n) is 7.32. The molecule has 2 amide bonds. The van der Waals surface area contributed by atoms with Crippen LogP contribution in [0.4, 0.5) is 10.1 Å². The van der Waals surface area contributed by atoms with Crippen molar-refractivity contribution in [1.29, 1.82) is 0 Å². The van der Waals surface area contributed by atoms with Gasteiger partial charge < -0.3 is 15.0 Å². The van der Waals surface area contributed by atoms with E-state index in [0.717, 1.165) is 30.0 Å². The standard InChI is InChI=1S/C31H36FN3O5S/c1-3-29(31(37)33-25-9-7-8-10-25)34(21-23-13-15-24(32)16-14-23)30(36)22-35(26-17-19-27(40-2)20-18-26)41(38,39)28-11-5-4-6-12-28/h4-6,11-20,25,29H,3,7-10,21-22H2,1-2H3,(H,33,37). The summed E-state index contributed by atoms with van der Waals surface area (Å²) in [5, 5.41) is 3.08. The topological polar surface area (TPSA) is 96.0 Å². The highest BCUT2D eigenvalue weighted by molar-refractivity contribution is 7.92. The number of benzene rings is 3. The smallest absolute Gasteiger partial charge is 0.264 e. The van der Waals surface area contributed by atoms with Gasteiger partial charge in [0.25, 0.3) is 10.0 Å². The highest BCUT2D eigenvalue weighted by Crippen LogP contribution is 2.27. The normalized spacial score (nSPS) is 14.3. The number of hydrogen-bond acceptors (Lipinski definition) is 5. The van der Waals surface area contributed by atoms with E-state index in [4.69, 9.17) is 4.74 Å². The van der Waals surface area contributed by atoms with Crippen molar-refractivity contribution in [3.63, 3.8) is 0 Å². The Morgan fingerprint density at radius 3 is 2.20 bits per heavy atom. The quantitative estimate of drug-likeness (QED) is 0.329. The van der Waals surface area contributed by atoms with Crippen LogP contribution in [0.2, 0.25) is 0 Å². The molecular weight excluding hydrogens is 545 g/mol. The molecule has 0 heterocycles. The molecule has 218 valence electrons. The summed E-state index contributed by atoms with van der Waals surface area (Å²) in [6, 6.07) is 19.2. The molecule has 10 heteroatoms. The predicted octanol–water partition coefficient (Wildman–Crippen LogP) is 4.90. The predicted molar refractivity (Wildman–Crippen MR) is 155 cm³/mol. The van der Waals surface area contributed by atoms with Crippen molar-refractivity contribution < 1.29 is 27.1 Å². The van der Waals surface area contributed by atoms with Crippen molar-refractivity contribution in [1.82, 2.24) is 10.2 Å². The minimum absolute atomic E-state index is 0.0115. The molecule has 1 unspecified atom stereocenters. The lowest BCUT2D eigenvalue weighted by molar-refractivity contribution is -0.140. The molecule has 8 nitrogen and oxygen atoms in total. The Labute approximate surface area is 241 Å². The lowest BCUT2D eigenvalue weighted by Gasteiger charge is -2.33. The van der Waals surface area contributed by atoms with Crippen LogP contribution in [-0.4, -0.2) is 50.9 Å². The SMILES string of the molecule is CCC(C(=O)NC1CCCC1)N(Cc1ccc(F)cc1)C(=O)CN(c1ccc(OC)cc1)S(=O)(=O)c1ccccc1. The summed E-state index contributed by atoms with van der Waals surface area (Å²) in [4.78, 5) is 29.0. The summed E-state index contributed by atoms with van der Waals surface area (Å²) >= 11 is 0. The molecular formula is C31H36FN3O5S. The molecule has 1 N–H and O–H groups in total. The average Bonchev–Trinajstić information content (AvgIpc) is 3.50. The lowest BCUT2D eigenvalue weighted by atomic mass is 10.1. The van der Waals surface area contributed by atoms with E-state index in [2.05, 4.69) is 5.32 Å². The van der Waals surface area contributed by atoms with Crippen molar-refractivity contribution in [2.24, 2.45) is 0 Å². The van der Waals surface area contributed by atoms with Gasteiger partial charge in [0.2, 0.25) is 11.8 Å². The first kappa shape index (κ1) is 30.0. The molecule has 0 saturated heterocycles. The second-order valence-corrected chi connectivity index (χ2v) is 11.9. The first-order valence-electron chi connectivity index (χ1n) is 13.8. The Morgan fingerprint density at radius 1 is 0.976 bits per heavy atom. The molecule has 0 spiro atoms. The third kappa shape index (κ3) is 7.43. The molecule has 1 aliphatic carbocycles. The number of nitrogens with one attached hydrogen (secondary N) is 1. The fraction of sp³-hybridized carbons (Fsp3) is 0.355. The van der Waals surface area contributed by atoms with Crippen LogP contribution < -0.4 is 14.4 Å². The summed E-state index contributed by atoms with van der Waals surface area (Å²) in [6.07, 6.45) is 4.16. The summed E-state index contributed by atoms with van der Waals surface area (Å²) in [5.74, 6) is -0.725. The minimum atomic E-state index is -4.16. The minimum Gasteiger partial charge on any atom is -0.497 e. The number of carbonyl (C=O) groups is 2. The zero-order valence-electron chi connectivity index (χ0n) is 23.3. The van der Waals surface area contributed by atoms with E-state index < -0.39 is 34.3 Å². The fourth-order valence-electron chi connectivity index (χ4n) is 5.07. The second-order valence-electron chi connectivity index (χ2n) is 10.1. The second kappa shape index (κ2) is 13.6. The molecule has 0 radical (unpaired) electrons. The summed E-state index contributed by atoms with van der Waals surface area (Å²) < 4.78 is 47.6. The van der Waals surface area contributed by atoms with Crippen molar-refractivity contribution >= 4 is 27.5 Å². The maximum absolute atomic E-state index is 14.1. The largest absolute Gasteiger partial charge is 0.497 e. The molecule has 1 saturated carbocycles. The molecule has 4 rings (SSSR count). The summed E-state index contributed by atoms with van der Waals surface area (Å²) in [7, 11) is -2.65. The number of sulfonamides is 1. The summed E-state index contributed by atoms with van der Waals surface area (Å²) in [6.45, 7) is 1.28. The van der Waals surface area contributed by atoms with E-state index in [1.807, 2.05) is 6.92 Å². The molecule has 1 aliphatic rings. The summed E-state index contributed by atoms with van der Waals surface area (Å²) in [5.41, 5.74) is 0.891. The van der Waals surface area contributed by atoms with Crippen LogP contribution in [0.15, 0.2) is 83.8 Å². The van der Waals surface area contributed by atoms with Gasteiger partial charge in [0.1, 0.15) is 24.2 Å². The maximum atomic E-state index is 14.1. The van der Waals surface area contributed by atoms with Gasteiger partial charge in [-0.25, -0.2) is 12.8 Å². The van der Waals surface area contributed by atoms with Gasteiger partial charge in [-0.1, -0.05) is 50.1 Å². The Morgan fingerprint density at radius 2 is 1.61 bits per heavy atom. The number of ether oxygens (including phenoxy) is 1. The van der Waals surface area contributed by atoms with E-state index in [1.54, 1.807) is 54.6 Å².